The Kier molecular flexibility index (Phi) is 6.28. The Morgan fingerprint density at radius 2 is 1.67 bits per heavy atom. The van der Waals surface area contributed by atoms with E-state index in [1.165, 1.54) is 20.3 Å². The van der Waals surface area contributed by atoms with Gasteiger partial charge in [0.15, 0.2) is 0 Å². The van der Waals surface area contributed by atoms with Crippen molar-refractivity contribution in [1.82, 2.24) is 0 Å². The molecule has 1 aromatic rings. The number of methoxy groups -OCH3 is 2. The maximum atomic E-state index is 12.7. The number of hydrogen-bond acceptors (Lipinski definition) is 3. The number of rotatable bonds is 4. The quantitative estimate of drug-likeness (QED) is 0.925. The average molecular weight is 286 g/mol. The Balaban J connectivity index is 0.00000289. The molecule has 0 aliphatic carbocycles. The standard InChI is InChI=1S/C11H14F3NO2.ClH/c1-16-9-6-8(11(12,13)14)10(17-2)5-7(9)3-4-15;/h5-6H,3-4,15H2,1-2H3;1H. The van der Waals surface area contributed by atoms with Crippen molar-refractivity contribution in [3.63, 3.8) is 0 Å². The monoisotopic (exact) mass is 285 g/mol. The Bertz CT molecular complexity index is 397. The molecule has 1 rings (SSSR count). The van der Waals surface area contributed by atoms with Crippen molar-refractivity contribution in [3.8, 4) is 11.5 Å². The van der Waals surface area contributed by atoms with E-state index in [1.807, 2.05) is 0 Å². The molecule has 0 saturated carbocycles. The van der Waals surface area contributed by atoms with E-state index < -0.39 is 11.7 Å². The van der Waals surface area contributed by atoms with Crippen molar-refractivity contribution in [1.29, 1.82) is 0 Å². The van der Waals surface area contributed by atoms with Crippen molar-refractivity contribution < 1.29 is 22.6 Å². The fourth-order valence-electron chi connectivity index (χ4n) is 1.53. The lowest BCUT2D eigenvalue weighted by Gasteiger charge is -2.16. The molecule has 0 atom stereocenters. The van der Waals surface area contributed by atoms with E-state index in [-0.39, 0.29) is 23.9 Å². The molecule has 0 radical (unpaired) electrons. The lowest BCUT2D eigenvalue weighted by atomic mass is 10.1. The molecule has 0 saturated heterocycles. The molecule has 1 aromatic carbocycles. The number of alkyl halides is 3. The van der Waals surface area contributed by atoms with Crippen LogP contribution in [0.3, 0.4) is 0 Å². The van der Waals surface area contributed by atoms with Crippen LogP contribution in [0.1, 0.15) is 11.1 Å². The van der Waals surface area contributed by atoms with Gasteiger partial charge in [0.05, 0.1) is 14.2 Å². The van der Waals surface area contributed by atoms with Crippen LogP contribution in [0, 0.1) is 0 Å². The number of ether oxygens (including phenoxy) is 2. The molecule has 7 heteroatoms. The van der Waals surface area contributed by atoms with Gasteiger partial charge in [-0.25, -0.2) is 0 Å². The van der Waals surface area contributed by atoms with E-state index in [4.69, 9.17) is 15.2 Å². The number of nitrogens with two attached hydrogens (primary N) is 1. The van der Waals surface area contributed by atoms with Gasteiger partial charge in [0, 0.05) is 0 Å². The van der Waals surface area contributed by atoms with Crippen LogP contribution in [0.5, 0.6) is 11.5 Å². The van der Waals surface area contributed by atoms with E-state index in [0.717, 1.165) is 6.07 Å². The van der Waals surface area contributed by atoms with Crippen molar-refractivity contribution in [2.45, 2.75) is 12.6 Å². The molecule has 0 heterocycles. The predicted octanol–water partition coefficient (Wildman–Crippen LogP) is 2.65. The fraction of sp³-hybridized carbons (Fsp3) is 0.455. The minimum atomic E-state index is -4.47. The van der Waals surface area contributed by atoms with Crippen molar-refractivity contribution in [2.75, 3.05) is 20.8 Å². The highest BCUT2D eigenvalue weighted by Crippen LogP contribution is 2.40. The van der Waals surface area contributed by atoms with E-state index in [1.54, 1.807) is 0 Å². The largest absolute Gasteiger partial charge is 0.496 e. The zero-order chi connectivity index (χ0) is 13.1. The van der Waals surface area contributed by atoms with Crippen LogP contribution in [0.25, 0.3) is 0 Å². The summed E-state index contributed by atoms with van der Waals surface area (Å²) in [6, 6.07) is 2.25. The van der Waals surface area contributed by atoms with Crippen molar-refractivity contribution in [2.24, 2.45) is 5.73 Å². The summed E-state index contributed by atoms with van der Waals surface area (Å²) in [4.78, 5) is 0. The lowest BCUT2D eigenvalue weighted by molar-refractivity contribution is -0.138. The first-order valence-corrected chi connectivity index (χ1v) is 4.96. The molecule has 18 heavy (non-hydrogen) atoms. The smallest absolute Gasteiger partial charge is 0.420 e. The van der Waals surface area contributed by atoms with Crippen LogP contribution in [-0.2, 0) is 12.6 Å². The van der Waals surface area contributed by atoms with Gasteiger partial charge in [-0.1, -0.05) is 0 Å². The number of halogens is 4. The SMILES string of the molecule is COc1cc(C(F)(F)F)c(OC)cc1CCN.Cl. The Morgan fingerprint density at radius 1 is 1.11 bits per heavy atom. The van der Waals surface area contributed by atoms with Crippen molar-refractivity contribution >= 4 is 12.4 Å². The highest BCUT2D eigenvalue weighted by atomic mass is 35.5. The first-order chi connectivity index (χ1) is 7.93. The molecular weight excluding hydrogens is 271 g/mol. The molecule has 2 N–H and O–H groups in total. The van der Waals surface area contributed by atoms with Gasteiger partial charge in [-0.2, -0.15) is 13.2 Å². The van der Waals surface area contributed by atoms with Crippen molar-refractivity contribution in [3.05, 3.63) is 23.3 Å². The summed E-state index contributed by atoms with van der Waals surface area (Å²) in [5, 5.41) is 0. The zero-order valence-electron chi connectivity index (χ0n) is 10.0. The Morgan fingerprint density at radius 3 is 2.06 bits per heavy atom. The molecule has 3 nitrogen and oxygen atoms in total. The van der Waals surface area contributed by atoms with Gasteiger partial charge in [-0.3, -0.25) is 0 Å². The molecular formula is C11H15ClF3NO2. The Hall–Kier alpha value is -1.14. The Labute approximate surface area is 109 Å². The highest BCUT2D eigenvalue weighted by Gasteiger charge is 2.35. The van der Waals surface area contributed by atoms with Gasteiger partial charge in [-0.05, 0) is 30.7 Å². The van der Waals surface area contributed by atoms with E-state index in [2.05, 4.69) is 0 Å². The minimum Gasteiger partial charge on any atom is -0.496 e. The summed E-state index contributed by atoms with van der Waals surface area (Å²) in [6.45, 7) is 0.324. The van der Waals surface area contributed by atoms with Crippen LogP contribution in [0.15, 0.2) is 12.1 Å². The fourth-order valence-corrected chi connectivity index (χ4v) is 1.53. The molecule has 0 amide bonds. The van der Waals surface area contributed by atoms with Crippen LogP contribution in [-0.4, -0.2) is 20.8 Å². The van der Waals surface area contributed by atoms with Crippen LogP contribution in [0.2, 0.25) is 0 Å². The van der Waals surface area contributed by atoms with E-state index in [9.17, 15) is 13.2 Å². The molecule has 0 aliphatic heterocycles. The maximum absolute atomic E-state index is 12.7. The van der Waals surface area contributed by atoms with Crippen LogP contribution < -0.4 is 15.2 Å². The zero-order valence-corrected chi connectivity index (χ0v) is 10.8. The first-order valence-electron chi connectivity index (χ1n) is 4.96. The molecule has 104 valence electrons. The first kappa shape index (κ1) is 16.9. The predicted molar refractivity (Wildman–Crippen MR) is 64.6 cm³/mol. The number of benzene rings is 1. The topological polar surface area (TPSA) is 44.5 Å². The van der Waals surface area contributed by atoms with E-state index >= 15 is 0 Å². The molecule has 0 aliphatic rings. The lowest BCUT2D eigenvalue weighted by Crippen LogP contribution is -2.10. The average Bonchev–Trinajstić information content (AvgIpc) is 2.27. The summed E-state index contributed by atoms with van der Waals surface area (Å²) in [6.07, 6.45) is -4.04. The molecule has 0 fully saturated rings. The van der Waals surface area contributed by atoms with Gasteiger partial charge >= 0.3 is 6.18 Å². The van der Waals surface area contributed by atoms with Gasteiger partial charge in [0.1, 0.15) is 17.1 Å². The third kappa shape index (κ3) is 3.68. The van der Waals surface area contributed by atoms with Gasteiger partial charge in [0.25, 0.3) is 0 Å². The summed E-state index contributed by atoms with van der Waals surface area (Å²) >= 11 is 0. The third-order valence-corrected chi connectivity index (χ3v) is 2.32. The highest BCUT2D eigenvalue weighted by molar-refractivity contribution is 5.85. The van der Waals surface area contributed by atoms with Gasteiger partial charge < -0.3 is 15.2 Å². The minimum absolute atomic E-state index is 0. The summed E-state index contributed by atoms with van der Waals surface area (Å²) in [7, 11) is 2.52. The maximum Gasteiger partial charge on any atom is 0.420 e. The molecule has 0 unspecified atom stereocenters. The van der Waals surface area contributed by atoms with Gasteiger partial charge in [0.2, 0.25) is 0 Å². The second-order valence-corrected chi connectivity index (χ2v) is 3.40. The number of hydrogen-bond donors (Lipinski definition) is 1. The molecule has 0 bridgehead atoms. The second-order valence-electron chi connectivity index (χ2n) is 3.40. The summed E-state index contributed by atoms with van der Waals surface area (Å²) < 4.78 is 47.8. The van der Waals surface area contributed by atoms with Gasteiger partial charge in [-0.15, -0.1) is 12.4 Å². The summed E-state index contributed by atoms with van der Waals surface area (Å²) in [5.41, 5.74) is 5.13. The van der Waals surface area contributed by atoms with E-state index in [0.29, 0.717) is 18.5 Å². The molecule has 0 aromatic heterocycles. The third-order valence-electron chi connectivity index (χ3n) is 2.32. The normalized spacial score (nSPS) is 10.8. The van der Waals surface area contributed by atoms with Crippen LogP contribution in [0.4, 0.5) is 13.2 Å². The molecule has 0 spiro atoms. The van der Waals surface area contributed by atoms with Crippen LogP contribution >= 0.6 is 12.4 Å². The second kappa shape index (κ2) is 6.70. The summed E-state index contributed by atoms with van der Waals surface area (Å²) in [5.74, 6) is -0.0506.